The van der Waals surface area contributed by atoms with Crippen molar-refractivity contribution < 1.29 is 22.9 Å². The van der Waals surface area contributed by atoms with Crippen molar-refractivity contribution in [1.82, 2.24) is 10.2 Å². The highest BCUT2D eigenvalue weighted by Gasteiger charge is 2.31. The van der Waals surface area contributed by atoms with Crippen LogP contribution in [0.25, 0.3) is 0 Å². The van der Waals surface area contributed by atoms with E-state index < -0.39 is 33.4 Å². The molecule has 1 unspecified atom stereocenters. The number of nitro groups is 1. The van der Waals surface area contributed by atoms with Gasteiger partial charge in [-0.3, -0.25) is 24.0 Å². The highest BCUT2D eigenvalue weighted by molar-refractivity contribution is 7.92. The third-order valence-electron chi connectivity index (χ3n) is 5.33. The number of hydrogen-bond acceptors (Lipinski definition) is 6. The number of sulfonamides is 1. The molecule has 0 fully saturated rings. The van der Waals surface area contributed by atoms with E-state index in [-0.39, 0.29) is 23.8 Å². The fourth-order valence-corrected chi connectivity index (χ4v) is 4.36. The van der Waals surface area contributed by atoms with Crippen molar-refractivity contribution in [2.45, 2.75) is 39.8 Å². The Balaban J connectivity index is 2.45. The normalized spacial score (nSPS) is 12.0. The third kappa shape index (κ3) is 7.66. The number of non-ortho nitro benzene ring substituents is 1. The summed E-state index contributed by atoms with van der Waals surface area (Å²) in [6.07, 6.45) is 1.62. The van der Waals surface area contributed by atoms with E-state index in [1.54, 1.807) is 38.1 Å². The van der Waals surface area contributed by atoms with E-state index in [4.69, 9.17) is 11.6 Å². The van der Waals surface area contributed by atoms with E-state index in [1.165, 1.54) is 17.0 Å². The topological polar surface area (TPSA) is 130 Å². The molecule has 190 valence electrons. The van der Waals surface area contributed by atoms with Crippen LogP contribution in [0.4, 0.5) is 11.4 Å². The van der Waals surface area contributed by atoms with Gasteiger partial charge in [0.1, 0.15) is 12.6 Å². The van der Waals surface area contributed by atoms with Gasteiger partial charge >= 0.3 is 0 Å². The minimum absolute atomic E-state index is 0.0181. The van der Waals surface area contributed by atoms with Crippen molar-refractivity contribution >= 4 is 44.8 Å². The second-order valence-corrected chi connectivity index (χ2v) is 10.5. The van der Waals surface area contributed by atoms with Crippen LogP contribution < -0.4 is 9.62 Å². The molecule has 2 aromatic carbocycles. The molecule has 0 bridgehead atoms. The largest absolute Gasteiger partial charge is 0.354 e. The van der Waals surface area contributed by atoms with Crippen LogP contribution in [0.2, 0.25) is 5.02 Å². The van der Waals surface area contributed by atoms with E-state index in [9.17, 15) is 28.1 Å². The summed E-state index contributed by atoms with van der Waals surface area (Å²) in [5.74, 6) is -1.03. The maximum Gasteiger partial charge on any atom is 0.271 e. The lowest BCUT2D eigenvalue weighted by molar-refractivity contribution is -0.384. The monoisotopic (exact) mass is 524 g/mol. The number of aryl methyl sites for hydroxylation is 1. The third-order valence-corrected chi connectivity index (χ3v) is 6.71. The molecule has 0 aromatic heterocycles. The summed E-state index contributed by atoms with van der Waals surface area (Å²) in [7, 11) is -4.00. The van der Waals surface area contributed by atoms with Crippen molar-refractivity contribution in [3.63, 3.8) is 0 Å². The van der Waals surface area contributed by atoms with Crippen molar-refractivity contribution in [1.29, 1.82) is 0 Å². The van der Waals surface area contributed by atoms with Gasteiger partial charge in [-0.15, -0.1) is 0 Å². The van der Waals surface area contributed by atoms with Crippen molar-refractivity contribution in [3.8, 4) is 0 Å². The smallest absolute Gasteiger partial charge is 0.271 e. The maximum absolute atomic E-state index is 13.5. The minimum Gasteiger partial charge on any atom is -0.354 e. The molecule has 35 heavy (non-hydrogen) atoms. The van der Waals surface area contributed by atoms with Gasteiger partial charge in [0.2, 0.25) is 21.8 Å². The molecule has 0 aliphatic rings. The van der Waals surface area contributed by atoms with Gasteiger partial charge in [0.25, 0.3) is 5.69 Å². The SMILES string of the molecule is CCCNC(=O)C(C)N(Cc1ccc(Cl)cc1)C(=O)CN(c1cc([N+](=O)[O-])ccc1C)S(C)(=O)=O. The molecule has 0 saturated heterocycles. The molecule has 0 heterocycles. The van der Waals surface area contributed by atoms with Crippen molar-refractivity contribution in [2.24, 2.45) is 0 Å². The quantitative estimate of drug-likeness (QED) is 0.354. The van der Waals surface area contributed by atoms with Crippen LogP contribution in [0.5, 0.6) is 0 Å². The zero-order valence-corrected chi connectivity index (χ0v) is 21.6. The van der Waals surface area contributed by atoms with Gasteiger partial charge in [-0.25, -0.2) is 8.42 Å². The van der Waals surface area contributed by atoms with Gasteiger partial charge in [0.05, 0.1) is 16.9 Å². The fraction of sp³-hybridized carbons (Fsp3) is 0.391. The fourth-order valence-electron chi connectivity index (χ4n) is 3.34. The number of nitrogens with zero attached hydrogens (tertiary/aromatic N) is 3. The molecule has 1 N–H and O–H groups in total. The number of nitrogens with one attached hydrogen (secondary N) is 1. The summed E-state index contributed by atoms with van der Waals surface area (Å²) in [5.41, 5.74) is 0.837. The number of benzene rings is 2. The lowest BCUT2D eigenvalue weighted by atomic mass is 10.1. The van der Waals surface area contributed by atoms with E-state index in [1.807, 2.05) is 6.92 Å². The number of hydrogen-bond donors (Lipinski definition) is 1. The van der Waals surface area contributed by atoms with Gasteiger partial charge in [0, 0.05) is 30.2 Å². The molecule has 2 aromatic rings. The van der Waals surface area contributed by atoms with Gasteiger partial charge in [-0.2, -0.15) is 0 Å². The Labute approximate surface area is 210 Å². The van der Waals surface area contributed by atoms with Gasteiger partial charge < -0.3 is 10.2 Å². The molecule has 0 spiro atoms. The molecule has 0 aliphatic carbocycles. The number of carbonyl (C=O) groups excluding carboxylic acids is 2. The molecular formula is C23H29ClN4O6S. The highest BCUT2D eigenvalue weighted by Crippen LogP contribution is 2.28. The molecule has 2 amide bonds. The molecule has 0 radical (unpaired) electrons. The summed E-state index contributed by atoms with van der Waals surface area (Å²) in [6, 6.07) is 9.60. The molecular weight excluding hydrogens is 496 g/mol. The number of rotatable bonds is 11. The average Bonchev–Trinajstić information content (AvgIpc) is 2.79. The van der Waals surface area contributed by atoms with Crippen molar-refractivity contribution in [3.05, 3.63) is 68.7 Å². The van der Waals surface area contributed by atoms with E-state index in [0.29, 0.717) is 29.1 Å². The van der Waals surface area contributed by atoms with Crippen LogP contribution in [0, 0.1) is 17.0 Å². The van der Waals surface area contributed by atoms with Crippen molar-refractivity contribution in [2.75, 3.05) is 23.7 Å². The Kier molecular flexibility index (Phi) is 9.61. The molecule has 10 nitrogen and oxygen atoms in total. The summed E-state index contributed by atoms with van der Waals surface area (Å²) in [5, 5.41) is 14.5. The Morgan fingerprint density at radius 1 is 1.17 bits per heavy atom. The second-order valence-electron chi connectivity index (χ2n) is 8.11. The second kappa shape index (κ2) is 12.0. The first-order valence-corrected chi connectivity index (χ1v) is 13.1. The summed E-state index contributed by atoms with van der Waals surface area (Å²) < 4.78 is 26.1. The van der Waals surface area contributed by atoms with Gasteiger partial charge in [-0.05, 0) is 43.5 Å². The van der Waals surface area contributed by atoms with Crippen LogP contribution in [0.3, 0.4) is 0 Å². The molecule has 0 aliphatic heterocycles. The van der Waals surface area contributed by atoms with Gasteiger partial charge in [-0.1, -0.05) is 36.7 Å². The Morgan fingerprint density at radius 2 is 1.80 bits per heavy atom. The number of amides is 2. The predicted molar refractivity (Wildman–Crippen MR) is 135 cm³/mol. The van der Waals surface area contributed by atoms with E-state index >= 15 is 0 Å². The van der Waals surface area contributed by atoms with E-state index in [2.05, 4.69) is 5.32 Å². The van der Waals surface area contributed by atoms with Crippen LogP contribution in [-0.2, 0) is 26.2 Å². The summed E-state index contributed by atoms with van der Waals surface area (Å²) in [4.78, 5) is 38.0. The van der Waals surface area contributed by atoms with E-state index in [0.717, 1.165) is 16.6 Å². The first-order chi connectivity index (χ1) is 16.3. The molecule has 2 rings (SSSR count). The molecule has 1 atom stereocenters. The van der Waals surface area contributed by atoms with Crippen LogP contribution in [0.1, 0.15) is 31.4 Å². The van der Waals surface area contributed by atoms with Crippen LogP contribution >= 0.6 is 11.6 Å². The summed E-state index contributed by atoms with van der Waals surface area (Å²) >= 11 is 5.95. The molecule has 12 heteroatoms. The Bertz CT molecular complexity index is 1190. The molecule has 0 saturated carbocycles. The van der Waals surface area contributed by atoms with Crippen LogP contribution in [-0.4, -0.2) is 55.4 Å². The zero-order chi connectivity index (χ0) is 26.3. The maximum atomic E-state index is 13.5. The Morgan fingerprint density at radius 3 is 2.34 bits per heavy atom. The summed E-state index contributed by atoms with van der Waals surface area (Å²) in [6.45, 7) is 4.86. The van der Waals surface area contributed by atoms with Crippen LogP contribution in [0.15, 0.2) is 42.5 Å². The first kappa shape index (κ1) is 28.1. The minimum atomic E-state index is -4.00. The first-order valence-electron chi connectivity index (χ1n) is 10.9. The predicted octanol–water partition coefficient (Wildman–Crippen LogP) is 3.27. The Hall–Kier alpha value is -3.18. The number of nitro benzene ring substituents is 1. The number of carbonyl (C=O) groups is 2. The average molecular weight is 525 g/mol. The zero-order valence-electron chi connectivity index (χ0n) is 20.0. The number of halogens is 1. The van der Waals surface area contributed by atoms with Gasteiger partial charge in [0.15, 0.2) is 0 Å². The number of anilines is 1. The standard InChI is InChI=1S/C23H29ClN4O6S/c1-5-12-25-23(30)17(3)26(14-18-7-9-19(24)10-8-18)22(29)15-27(35(4,33)34)21-13-20(28(31)32)11-6-16(21)2/h6-11,13,17H,5,12,14-15H2,1-4H3,(H,25,30). The lowest BCUT2D eigenvalue weighted by Gasteiger charge is -2.31. The lowest BCUT2D eigenvalue weighted by Crippen LogP contribution is -2.51. The highest BCUT2D eigenvalue weighted by atomic mass is 35.5.